The first-order valence-electron chi connectivity index (χ1n) is 9.79. The average molecular weight is 455 g/mol. The van der Waals surface area contributed by atoms with Gasteiger partial charge in [0.25, 0.3) is 0 Å². The highest BCUT2D eigenvalue weighted by atomic mass is 35.5. The summed E-state index contributed by atoms with van der Waals surface area (Å²) in [6, 6.07) is 27.5. The predicted octanol–water partition coefficient (Wildman–Crippen LogP) is 7.17. The van der Waals surface area contributed by atoms with Crippen LogP contribution in [0.4, 0.5) is 8.78 Å². The normalized spacial score (nSPS) is 10.1. The molecule has 0 aliphatic heterocycles. The van der Waals surface area contributed by atoms with E-state index in [-0.39, 0.29) is 28.9 Å². The predicted molar refractivity (Wildman–Crippen MR) is 121 cm³/mol. The Morgan fingerprint density at radius 1 is 0.594 bits per heavy atom. The Hall–Kier alpha value is -3.57. The molecule has 32 heavy (non-hydrogen) atoms. The molecule has 0 spiro atoms. The molecule has 0 atom stereocenters. The van der Waals surface area contributed by atoms with Gasteiger partial charge in [-0.05, 0) is 35.4 Å². The van der Waals surface area contributed by atoms with Gasteiger partial charge in [0.15, 0.2) is 28.9 Å². The van der Waals surface area contributed by atoms with Crippen molar-refractivity contribution in [2.75, 3.05) is 0 Å². The first kappa shape index (κ1) is 23.1. The number of halogens is 3. The molecule has 0 bridgehead atoms. The van der Waals surface area contributed by atoms with Crippen molar-refractivity contribution in [2.45, 2.75) is 13.2 Å². The molecule has 0 aliphatic carbocycles. The number of para-hydroxylation sites is 2. The van der Waals surface area contributed by atoms with Gasteiger partial charge in [-0.3, -0.25) is 0 Å². The molecule has 4 aromatic carbocycles. The van der Waals surface area contributed by atoms with Crippen LogP contribution in [0.25, 0.3) is 0 Å². The van der Waals surface area contributed by atoms with Crippen molar-refractivity contribution >= 4 is 11.6 Å². The standard InChI is InChI=1S/C13H10ClFO.C13H11FO2/c2*14-11-7-4-8-12(15)13(11)16-9-10-5-2-1-3-6-10/h1-8H,9H2;1-8,15H,9H2. The number of hydrogen-bond donors (Lipinski definition) is 1. The van der Waals surface area contributed by atoms with Crippen LogP contribution in [0.3, 0.4) is 0 Å². The molecular weight excluding hydrogens is 434 g/mol. The van der Waals surface area contributed by atoms with Gasteiger partial charge in [-0.1, -0.05) is 84.4 Å². The van der Waals surface area contributed by atoms with E-state index in [0.29, 0.717) is 6.61 Å². The monoisotopic (exact) mass is 454 g/mol. The van der Waals surface area contributed by atoms with Crippen molar-refractivity contribution in [3.05, 3.63) is 125 Å². The van der Waals surface area contributed by atoms with E-state index in [0.717, 1.165) is 11.1 Å². The average Bonchev–Trinajstić information content (AvgIpc) is 2.80. The molecule has 4 rings (SSSR count). The lowest BCUT2D eigenvalue weighted by Gasteiger charge is -2.08. The van der Waals surface area contributed by atoms with E-state index < -0.39 is 11.6 Å². The Labute approximate surface area is 190 Å². The number of hydrogen-bond acceptors (Lipinski definition) is 3. The summed E-state index contributed by atoms with van der Waals surface area (Å²) in [5, 5.41) is 9.69. The van der Waals surface area contributed by atoms with Crippen molar-refractivity contribution in [2.24, 2.45) is 0 Å². The van der Waals surface area contributed by atoms with E-state index in [1.807, 2.05) is 60.7 Å². The smallest absolute Gasteiger partial charge is 0.197 e. The molecule has 0 aliphatic rings. The van der Waals surface area contributed by atoms with Crippen molar-refractivity contribution in [3.8, 4) is 17.2 Å². The van der Waals surface area contributed by atoms with E-state index in [2.05, 4.69) is 0 Å². The third-order valence-corrected chi connectivity index (χ3v) is 4.61. The first-order valence-corrected chi connectivity index (χ1v) is 10.2. The van der Waals surface area contributed by atoms with E-state index in [4.69, 9.17) is 21.1 Å². The summed E-state index contributed by atoms with van der Waals surface area (Å²) in [6.07, 6.45) is 0. The number of phenols is 1. The molecule has 0 unspecified atom stereocenters. The lowest BCUT2D eigenvalue weighted by Crippen LogP contribution is -1.97. The molecule has 0 saturated heterocycles. The van der Waals surface area contributed by atoms with Crippen LogP contribution in [-0.2, 0) is 13.2 Å². The highest BCUT2D eigenvalue weighted by molar-refractivity contribution is 6.32. The minimum atomic E-state index is -0.559. The van der Waals surface area contributed by atoms with Crippen LogP contribution in [0.2, 0.25) is 5.02 Å². The second kappa shape index (κ2) is 11.7. The fraction of sp³-hybridized carbons (Fsp3) is 0.0769. The van der Waals surface area contributed by atoms with Gasteiger partial charge in [0.2, 0.25) is 0 Å². The molecule has 0 radical (unpaired) electrons. The highest BCUT2D eigenvalue weighted by Gasteiger charge is 2.09. The number of phenolic OH excluding ortho intramolecular Hbond substituents is 1. The molecule has 0 heterocycles. The quantitative estimate of drug-likeness (QED) is 0.335. The summed E-state index contributed by atoms with van der Waals surface area (Å²) >= 11 is 5.83. The largest absolute Gasteiger partial charge is 0.504 e. The summed E-state index contributed by atoms with van der Waals surface area (Å²) in [5.41, 5.74) is 1.90. The van der Waals surface area contributed by atoms with Crippen molar-refractivity contribution in [3.63, 3.8) is 0 Å². The fourth-order valence-electron chi connectivity index (χ4n) is 2.72. The van der Waals surface area contributed by atoms with Gasteiger partial charge in [0.05, 0.1) is 5.02 Å². The van der Waals surface area contributed by atoms with Crippen LogP contribution in [0.5, 0.6) is 17.2 Å². The van der Waals surface area contributed by atoms with E-state index >= 15 is 0 Å². The molecule has 6 heteroatoms. The van der Waals surface area contributed by atoms with Crippen LogP contribution < -0.4 is 9.47 Å². The van der Waals surface area contributed by atoms with Crippen molar-refractivity contribution in [1.29, 1.82) is 0 Å². The van der Waals surface area contributed by atoms with Crippen molar-refractivity contribution < 1.29 is 23.4 Å². The first-order chi connectivity index (χ1) is 15.5. The molecule has 0 aromatic heterocycles. The summed E-state index contributed by atoms with van der Waals surface area (Å²) in [7, 11) is 0. The Bertz CT molecular complexity index is 991. The van der Waals surface area contributed by atoms with Gasteiger partial charge in [-0.25, -0.2) is 8.78 Å². The van der Waals surface area contributed by atoms with Gasteiger partial charge in [0, 0.05) is 0 Å². The minimum Gasteiger partial charge on any atom is -0.504 e. The highest BCUT2D eigenvalue weighted by Crippen LogP contribution is 2.29. The molecule has 0 amide bonds. The maximum Gasteiger partial charge on any atom is 0.197 e. The zero-order valence-electron chi connectivity index (χ0n) is 17.0. The zero-order valence-corrected chi connectivity index (χ0v) is 17.8. The molecular formula is C26H21ClF2O3. The lowest BCUT2D eigenvalue weighted by molar-refractivity contribution is 0.273. The van der Waals surface area contributed by atoms with E-state index in [1.54, 1.807) is 12.1 Å². The van der Waals surface area contributed by atoms with Gasteiger partial charge in [-0.2, -0.15) is 0 Å². The molecule has 164 valence electrons. The van der Waals surface area contributed by atoms with Crippen LogP contribution in [0.1, 0.15) is 11.1 Å². The minimum absolute atomic E-state index is 0.105. The van der Waals surface area contributed by atoms with Crippen LogP contribution >= 0.6 is 11.6 Å². The van der Waals surface area contributed by atoms with Crippen molar-refractivity contribution in [1.82, 2.24) is 0 Å². The Morgan fingerprint density at radius 3 is 1.56 bits per heavy atom. The second-order valence-corrected chi connectivity index (χ2v) is 7.09. The Morgan fingerprint density at radius 2 is 1.06 bits per heavy atom. The summed E-state index contributed by atoms with van der Waals surface area (Å²) in [5.74, 6) is -1.19. The molecule has 4 aromatic rings. The summed E-state index contributed by atoms with van der Waals surface area (Å²) in [4.78, 5) is 0. The Kier molecular flexibility index (Phi) is 8.46. The van der Waals surface area contributed by atoms with Gasteiger partial charge >= 0.3 is 0 Å². The fourth-order valence-corrected chi connectivity index (χ4v) is 2.94. The molecule has 0 fully saturated rings. The molecule has 1 N–H and O–H groups in total. The second-order valence-electron chi connectivity index (χ2n) is 6.69. The number of ether oxygens (including phenoxy) is 2. The van der Waals surface area contributed by atoms with Gasteiger partial charge < -0.3 is 14.6 Å². The summed E-state index contributed by atoms with van der Waals surface area (Å²) in [6.45, 7) is 0.539. The summed E-state index contributed by atoms with van der Waals surface area (Å²) < 4.78 is 37.2. The van der Waals surface area contributed by atoms with Gasteiger partial charge in [-0.15, -0.1) is 0 Å². The molecule has 0 saturated carbocycles. The zero-order chi connectivity index (χ0) is 22.8. The maximum atomic E-state index is 13.3. The number of rotatable bonds is 6. The number of aromatic hydroxyl groups is 1. The Balaban J connectivity index is 0.000000181. The van der Waals surface area contributed by atoms with Gasteiger partial charge in [0.1, 0.15) is 13.2 Å². The molecule has 3 nitrogen and oxygen atoms in total. The van der Waals surface area contributed by atoms with Crippen LogP contribution in [0, 0.1) is 11.6 Å². The van der Waals surface area contributed by atoms with Crippen LogP contribution in [0.15, 0.2) is 97.1 Å². The third-order valence-electron chi connectivity index (χ3n) is 4.32. The van der Waals surface area contributed by atoms with E-state index in [9.17, 15) is 13.9 Å². The maximum absolute atomic E-state index is 13.3. The third kappa shape index (κ3) is 6.72. The van der Waals surface area contributed by atoms with E-state index in [1.165, 1.54) is 24.3 Å². The topological polar surface area (TPSA) is 38.7 Å². The SMILES string of the molecule is Fc1cccc(Cl)c1OCc1ccccc1.Oc1cccc(F)c1OCc1ccccc1. The number of benzene rings is 4. The lowest BCUT2D eigenvalue weighted by atomic mass is 10.2. The van der Waals surface area contributed by atoms with Crippen LogP contribution in [-0.4, -0.2) is 5.11 Å².